The van der Waals surface area contributed by atoms with Gasteiger partial charge in [-0.1, -0.05) is 18.5 Å². The molecule has 6 heteroatoms. The minimum Gasteiger partial charge on any atom is -0.497 e. The van der Waals surface area contributed by atoms with Crippen molar-refractivity contribution >= 4 is 11.6 Å². The van der Waals surface area contributed by atoms with E-state index >= 15 is 0 Å². The fourth-order valence-corrected chi connectivity index (χ4v) is 2.22. The Balaban J connectivity index is 2.44. The molecular formula is C14H16ClN3O2. The number of pyridine rings is 1. The highest BCUT2D eigenvalue weighted by atomic mass is 35.5. The molecule has 2 heterocycles. The van der Waals surface area contributed by atoms with Crippen LogP contribution in [0.1, 0.15) is 24.1 Å². The van der Waals surface area contributed by atoms with Crippen LogP contribution in [0.2, 0.25) is 5.15 Å². The molecule has 0 aliphatic heterocycles. The van der Waals surface area contributed by atoms with Crippen molar-refractivity contribution in [2.24, 2.45) is 0 Å². The van der Waals surface area contributed by atoms with E-state index in [1.54, 1.807) is 11.7 Å². The number of rotatable bonds is 4. The van der Waals surface area contributed by atoms with Gasteiger partial charge in [-0.05, 0) is 6.92 Å². The lowest BCUT2D eigenvalue weighted by Gasteiger charge is -2.11. The van der Waals surface area contributed by atoms with Crippen molar-refractivity contribution in [2.45, 2.75) is 26.8 Å². The Labute approximate surface area is 122 Å². The maximum atomic E-state index is 12.0. The molecule has 0 bridgehead atoms. The van der Waals surface area contributed by atoms with E-state index in [9.17, 15) is 4.79 Å². The van der Waals surface area contributed by atoms with Crippen molar-refractivity contribution in [2.75, 3.05) is 7.11 Å². The molecule has 0 unspecified atom stereocenters. The molecule has 2 aromatic rings. The van der Waals surface area contributed by atoms with E-state index in [2.05, 4.69) is 9.97 Å². The lowest BCUT2D eigenvalue weighted by Crippen LogP contribution is -2.25. The second-order valence-corrected chi connectivity index (χ2v) is 4.80. The highest BCUT2D eigenvalue weighted by molar-refractivity contribution is 6.29. The zero-order chi connectivity index (χ0) is 14.7. The third-order valence-corrected chi connectivity index (χ3v) is 3.10. The average Bonchev–Trinajstić information content (AvgIpc) is 2.40. The summed E-state index contributed by atoms with van der Waals surface area (Å²) in [6, 6.07) is 4.97. The van der Waals surface area contributed by atoms with E-state index in [0.29, 0.717) is 18.8 Å². The van der Waals surface area contributed by atoms with Crippen LogP contribution in [0.25, 0.3) is 0 Å². The zero-order valence-electron chi connectivity index (χ0n) is 11.7. The molecule has 0 aliphatic carbocycles. The number of ether oxygens (including phenoxy) is 1. The minimum atomic E-state index is -0.177. The number of aromatic nitrogens is 3. The van der Waals surface area contributed by atoms with Crippen LogP contribution in [0, 0.1) is 6.92 Å². The molecule has 20 heavy (non-hydrogen) atoms. The Bertz CT molecular complexity index is 683. The van der Waals surface area contributed by atoms with Gasteiger partial charge in [0.15, 0.2) is 0 Å². The SMILES string of the molecule is CCc1nc(Cl)cc(=O)n1Cc1cc(OC)cc(C)n1. The summed E-state index contributed by atoms with van der Waals surface area (Å²) in [5, 5.41) is 0.220. The summed E-state index contributed by atoms with van der Waals surface area (Å²) in [5.74, 6) is 1.37. The molecule has 0 aliphatic rings. The molecular weight excluding hydrogens is 278 g/mol. The van der Waals surface area contributed by atoms with Gasteiger partial charge in [-0.2, -0.15) is 0 Å². The van der Waals surface area contributed by atoms with Gasteiger partial charge in [0.2, 0.25) is 0 Å². The van der Waals surface area contributed by atoms with E-state index in [1.165, 1.54) is 6.07 Å². The first-order valence-corrected chi connectivity index (χ1v) is 6.69. The van der Waals surface area contributed by atoms with Gasteiger partial charge in [0.1, 0.15) is 16.7 Å². The number of hydrogen-bond acceptors (Lipinski definition) is 4. The summed E-state index contributed by atoms with van der Waals surface area (Å²) < 4.78 is 6.79. The van der Waals surface area contributed by atoms with Crippen LogP contribution in [0.15, 0.2) is 23.0 Å². The van der Waals surface area contributed by atoms with Gasteiger partial charge < -0.3 is 4.74 Å². The van der Waals surface area contributed by atoms with Crippen LogP contribution in [-0.4, -0.2) is 21.6 Å². The van der Waals surface area contributed by atoms with E-state index in [1.807, 2.05) is 26.0 Å². The van der Waals surface area contributed by atoms with Crippen molar-refractivity contribution in [3.63, 3.8) is 0 Å². The molecule has 2 aromatic heterocycles. The predicted octanol–water partition coefficient (Wildman–Crippen LogP) is 2.22. The Hall–Kier alpha value is -1.88. The van der Waals surface area contributed by atoms with Crippen molar-refractivity contribution < 1.29 is 4.74 Å². The second-order valence-electron chi connectivity index (χ2n) is 4.41. The molecule has 2 rings (SSSR count). The Morgan fingerprint density at radius 1 is 1.30 bits per heavy atom. The number of methoxy groups -OCH3 is 1. The normalized spacial score (nSPS) is 10.6. The zero-order valence-corrected chi connectivity index (χ0v) is 12.4. The summed E-state index contributed by atoms with van der Waals surface area (Å²) in [4.78, 5) is 20.6. The Morgan fingerprint density at radius 3 is 2.70 bits per heavy atom. The highest BCUT2D eigenvalue weighted by Crippen LogP contribution is 2.14. The van der Waals surface area contributed by atoms with Crippen LogP contribution in [0.3, 0.4) is 0 Å². The molecule has 106 valence electrons. The quantitative estimate of drug-likeness (QED) is 0.811. The number of nitrogens with zero attached hydrogens (tertiary/aromatic N) is 3. The van der Waals surface area contributed by atoms with E-state index in [4.69, 9.17) is 16.3 Å². The van der Waals surface area contributed by atoms with Crippen molar-refractivity contribution in [3.8, 4) is 5.75 Å². The van der Waals surface area contributed by atoms with Gasteiger partial charge in [0, 0.05) is 30.3 Å². The summed E-state index contributed by atoms with van der Waals surface area (Å²) in [6.45, 7) is 4.17. The third-order valence-electron chi connectivity index (χ3n) is 2.91. The van der Waals surface area contributed by atoms with Crippen LogP contribution in [0.5, 0.6) is 5.75 Å². The maximum absolute atomic E-state index is 12.0. The van der Waals surface area contributed by atoms with E-state index in [0.717, 1.165) is 17.1 Å². The lowest BCUT2D eigenvalue weighted by molar-refractivity contribution is 0.412. The molecule has 0 atom stereocenters. The fraction of sp³-hybridized carbons (Fsp3) is 0.357. The lowest BCUT2D eigenvalue weighted by atomic mass is 10.2. The third kappa shape index (κ3) is 3.17. The van der Waals surface area contributed by atoms with E-state index in [-0.39, 0.29) is 10.7 Å². The van der Waals surface area contributed by atoms with Gasteiger partial charge in [-0.15, -0.1) is 0 Å². The summed E-state index contributed by atoms with van der Waals surface area (Å²) in [6.07, 6.45) is 0.624. The Morgan fingerprint density at radius 2 is 2.05 bits per heavy atom. The van der Waals surface area contributed by atoms with Crippen LogP contribution in [-0.2, 0) is 13.0 Å². The number of aryl methyl sites for hydroxylation is 2. The molecule has 0 saturated heterocycles. The monoisotopic (exact) mass is 293 g/mol. The Kier molecular flexibility index (Phi) is 4.39. The van der Waals surface area contributed by atoms with Crippen molar-refractivity contribution in [1.29, 1.82) is 0 Å². The first-order chi connectivity index (χ1) is 9.53. The first kappa shape index (κ1) is 14.5. The summed E-state index contributed by atoms with van der Waals surface area (Å²) in [7, 11) is 1.60. The van der Waals surface area contributed by atoms with Crippen LogP contribution >= 0.6 is 11.6 Å². The molecule has 0 fully saturated rings. The van der Waals surface area contributed by atoms with Crippen LogP contribution < -0.4 is 10.3 Å². The summed E-state index contributed by atoms with van der Waals surface area (Å²) in [5.41, 5.74) is 1.42. The van der Waals surface area contributed by atoms with Gasteiger partial charge in [-0.25, -0.2) is 4.98 Å². The van der Waals surface area contributed by atoms with Crippen LogP contribution in [0.4, 0.5) is 0 Å². The van der Waals surface area contributed by atoms with Gasteiger partial charge in [0.25, 0.3) is 5.56 Å². The first-order valence-electron chi connectivity index (χ1n) is 6.31. The fourth-order valence-electron chi connectivity index (χ4n) is 2.03. The molecule has 0 amide bonds. The molecule has 0 saturated carbocycles. The second kappa shape index (κ2) is 6.05. The maximum Gasteiger partial charge on any atom is 0.255 e. The predicted molar refractivity (Wildman–Crippen MR) is 77.5 cm³/mol. The van der Waals surface area contributed by atoms with Gasteiger partial charge in [0.05, 0.1) is 19.3 Å². The van der Waals surface area contributed by atoms with Gasteiger partial charge >= 0.3 is 0 Å². The van der Waals surface area contributed by atoms with E-state index < -0.39 is 0 Å². The number of halogens is 1. The topological polar surface area (TPSA) is 57.0 Å². The largest absolute Gasteiger partial charge is 0.497 e. The molecule has 0 radical (unpaired) electrons. The standard InChI is InChI=1S/C14H16ClN3O2/c1-4-13-17-12(15)7-14(19)18(13)8-10-6-11(20-3)5-9(2)16-10/h5-7H,4,8H2,1-3H3. The smallest absolute Gasteiger partial charge is 0.255 e. The molecule has 0 spiro atoms. The minimum absolute atomic E-state index is 0.177. The van der Waals surface area contributed by atoms with Gasteiger partial charge in [-0.3, -0.25) is 14.3 Å². The molecule has 0 aromatic carbocycles. The van der Waals surface area contributed by atoms with Crippen molar-refractivity contribution in [1.82, 2.24) is 14.5 Å². The number of hydrogen-bond donors (Lipinski definition) is 0. The average molecular weight is 294 g/mol. The molecule has 0 N–H and O–H groups in total. The highest BCUT2D eigenvalue weighted by Gasteiger charge is 2.09. The van der Waals surface area contributed by atoms with Crippen molar-refractivity contribution in [3.05, 3.63) is 50.9 Å². The summed E-state index contributed by atoms with van der Waals surface area (Å²) >= 11 is 5.82. The molecule has 5 nitrogen and oxygen atoms in total.